The number of Topliss-reactive ketones (excluding diaryl/α,β-unsaturated/α-hetero) is 1. The van der Waals surface area contributed by atoms with E-state index in [0.29, 0.717) is 24.5 Å². The van der Waals surface area contributed by atoms with Gasteiger partial charge >= 0.3 is 0 Å². The van der Waals surface area contributed by atoms with Crippen LogP contribution < -0.4 is 0 Å². The Bertz CT molecular complexity index is 775. The summed E-state index contributed by atoms with van der Waals surface area (Å²) in [6, 6.07) is 6.62. The number of allylic oxidation sites excluding steroid dienone is 1. The van der Waals surface area contributed by atoms with E-state index in [1.54, 1.807) is 24.3 Å². The molecule has 2 atom stereocenters. The second-order valence-electron chi connectivity index (χ2n) is 7.02. The first-order valence-electron chi connectivity index (χ1n) is 8.10. The monoisotopic (exact) mass is 333 g/mol. The lowest BCUT2D eigenvalue weighted by molar-refractivity contribution is -0.116. The van der Waals surface area contributed by atoms with Crippen LogP contribution in [0.3, 0.4) is 0 Å². The van der Waals surface area contributed by atoms with Crippen LogP contribution >= 0.6 is 0 Å². The van der Waals surface area contributed by atoms with Gasteiger partial charge in [0, 0.05) is 12.5 Å². The number of hydrogen-bond acceptors (Lipinski definition) is 3. The van der Waals surface area contributed by atoms with Gasteiger partial charge in [-0.15, -0.1) is 0 Å². The highest BCUT2D eigenvalue weighted by molar-refractivity contribution is 7.89. The summed E-state index contributed by atoms with van der Waals surface area (Å²) in [5, 5.41) is 0. The van der Waals surface area contributed by atoms with Crippen molar-refractivity contribution in [3.8, 4) is 0 Å². The zero-order valence-electron chi connectivity index (χ0n) is 14.0. The summed E-state index contributed by atoms with van der Waals surface area (Å²) in [5.41, 5.74) is 2.49. The maximum Gasteiger partial charge on any atom is 0.264 e. The van der Waals surface area contributed by atoms with Crippen LogP contribution in [0.15, 0.2) is 40.4 Å². The molecule has 0 bridgehead atoms. The van der Waals surface area contributed by atoms with Gasteiger partial charge in [-0.25, -0.2) is 8.42 Å². The second-order valence-corrected chi connectivity index (χ2v) is 8.83. The Labute approximate surface area is 138 Å². The molecule has 0 saturated carbocycles. The smallest absolute Gasteiger partial charge is 0.264 e. The summed E-state index contributed by atoms with van der Waals surface area (Å²) in [6.07, 6.45) is 1.10. The third-order valence-electron chi connectivity index (χ3n) is 4.94. The summed E-state index contributed by atoms with van der Waals surface area (Å²) in [4.78, 5) is 12.7. The van der Waals surface area contributed by atoms with Gasteiger partial charge in [0.05, 0.1) is 10.6 Å². The molecule has 5 heteroatoms. The van der Waals surface area contributed by atoms with E-state index in [9.17, 15) is 13.2 Å². The third-order valence-corrected chi connectivity index (χ3v) is 6.87. The highest BCUT2D eigenvalue weighted by atomic mass is 32.2. The standard InChI is InChI=1S/C18H23NO3S/c1-11(2)15-10-17(20)18-16(15)9-13(4)19(18)23(21,22)14-7-5-12(3)6-8-14/h5-8,11,13,15H,9-10H2,1-4H3/t13-,15+/m1/s1. The predicted molar refractivity (Wildman–Crippen MR) is 89.3 cm³/mol. The zero-order valence-corrected chi connectivity index (χ0v) is 14.9. The van der Waals surface area contributed by atoms with Crippen molar-refractivity contribution in [2.24, 2.45) is 11.8 Å². The molecule has 23 heavy (non-hydrogen) atoms. The van der Waals surface area contributed by atoms with Crippen molar-refractivity contribution in [3.05, 3.63) is 41.1 Å². The molecule has 1 heterocycles. The molecule has 0 spiro atoms. The fourth-order valence-corrected chi connectivity index (χ4v) is 5.44. The third kappa shape index (κ3) is 2.51. The molecule has 1 aromatic rings. The van der Waals surface area contributed by atoms with E-state index in [4.69, 9.17) is 0 Å². The first-order chi connectivity index (χ1) is 10.7. The van der Waals surface area contributed by atoms with E-state index in [-0.39, 0.29) is 22.6 Å². The maximum absolute atomic E-state index is 13.1. The average molecular weight is 333 g/mol. The molecule has 0 amide bonds. The molecule has 4 nitrogen and oxygen atoms in total. The van der Waals surface area contributed by atoms with Crippen LogP contribution in [0.5, 0.6) is 0 Å². The Balaban J connectivity index is 2.07. The molecule has 2 aliphatic rings. The fraction of sp³-hybridized carbons (Fsp3) is 0.500. The van der Waals surface area contributed by atoms with Crippen molar-refractivity contribution in [1.82, 2.24) is 4.31 Å². The lowest BCUT2D eigenvalue weighted by Crippen LogP contribution is -2.36. The lowest BCUT2D eigenvalue weighted by Gasteiger charge is -2.26. The van der Waals surface area contributed by atoms with Gasteiger partial charge in [0.2, 0.25) is 0 Å². The van der Waals surface area contributed by atoms with E-state index in [2.05, 4.69) is 13.8 Å². The maximum atomic E-state index is 13.1. The Kier molecular flexibility index (Phi) is 3.87. The van der Waals surface area contributed by atoms with E-state index >= 15 is 0 Å². The second kappa shape index (κ2) is 5.48. The number of nitrogens with zero attached hydrogens (tertiary/aromatic N) is 1. The quantitative estimate of drug-likeness (QED) is 0.853. The molecule has 0 radical (unpaired) electrons. The Morgan fingerprint density at radius 2 is 1.74 bits per heavy atom. The van der Waals surface area contributed by atoms with Crippen molar-refractivity contribution in [2.75, 3.05) is 0 Å². The van der Waals surface area contributed by atoms with Crippen molar-refractivity contribution in [1.29, 1.82) is 0 Å². The van der Waals surface area contributed by atoms with Crippen LogP contribution in [0.2, 0.25) is 0 Å². The average Bonchev–Trinajstić information content (AvgIpc) is 2.96. The number of benzene rings is 1. The molecule has 3 rings (SSSR count). The van der Waals surface area contributed by atoms with Gasteiger partial charge in [0.1, 0.15) is 0 Å². The number of sulfonamides is 1. The van der Waals surface area contributed by atoms with E-state index < -0.39 is 10.0 Å². The molecule has 1 aliphatic heterocycles. The van der Waals surface area contributed by atoms with Crippen molar-refractivity contribution in [3.63, 3.8) is 0 Å². The molecule has 0 fully saturated rings. The van der Waals surface area contributed by atoms with Crippen LogP contribution in [-0.4, -0.2) is 24.5 Å². The van der Waals surface area contributed by atoms with E-state index in [0.717, 1.165) is 11.1 Å². The van der Waals surface area contributed by atoms with Crippen LogP contribution in [0.4, 0.5) is 0 Å². The van der Waals surface area contributed by atoms with Gasteiger partial charge in [-0.3, -0.25) is 9.10 Å². The molecule has 1 aliphatic carbocycles. The molecule has 0 unspecified atom stereocenters. The number of carbonyl (C=O) groups excluding carboxylic acids is 1. The fourth-order valence-electron chi connectivity index (χ4n) is 3.73. The first-order valence-corrected chi connectivity index (χ1v) is 9.55. The molecule has 124 valence electrons. The Morgan fingerprint density at radius 1 is 1.13 bits per heavy atom. The number of hydrogen-bond donors (Lipinski definition) is 0. The number of ketones is 1. The zero-order chi connectivity index (χ0) is 16.9. The van der Waals surface area contributed by atoms with Crippen LogP contribution in [0, 0.1) is 18.8 Å². The summed E-state index contributed by atoms with van der Waals surface area (Å²) >= 11 is 0. The molecule has 1 aromatic carbocycles. The van der Waals surface area contributed by atoms with Crippen molar-refractivity contribution >= 4 is 15.8 Å². The highest BCUT2D eigenvalue weighted by Crippen LogP contribution is 2.46. The van der Waals surface area contributed by atoms with Gasteiger partial charge in [-0.2, -0.15) is 0 Å². The first kappa shape index (κ1) is 16.2. The number of rotatable bonds is 3. The van der Waals surface area contributed by atoms with Crippen LogP contribution in [0.25, 0.3) is 0 Å². The largest absolute Gasteiger partial charge is 0.292 e. The minimum Gasteiger partial charge on any atom is -0.292 e. The van der Waals surface area contributed by atoms with Gasteiger partial charge < -0.3 is 0 Å². The lowest BCUT2D eigenvalue weighted by atomic mass is 9.87. The molecular formula is C18H23NO3S. The van der Waals surface area contributed by atoms with Crippen LogP contribution in [-0.2, 0) is 14.8 Å². The van der Waals surface area contributed by atoms with E-state index in [1.807, 2.05) is 13.8 Å². The van der Waals surface area contributed by atoms with Gasteiger partial charge in [-0.05, 0) is 49.8 Å². The highest BCUT2D eigenvalue weighted by Gasteiger charge is 2.47. The molecule has 0 saturated heterocycles. The Hall–Kier alpha value is -1.62. The summed E-state index contributed by atoms with van der Waals surface area (Å²) in [7, 11) is -3.69. The summed E-state index contributed by atoms with van der Waals surface area (Å²) in [6.45, 7) is 7.99. The summed E-state index contributed by atoms with van der Waals surface area (Å²) < 4.78 is 27.5. The minimum absolute atomic E-state index is 0.0289. The molecule has 0 N–H and O–H groups in total. The van der Waals surface area contributed by atoms with Crippen molar-refractivity contribution in [2.45, 2.75) is 51.5 Å². The summed E-state index contributed by atoms with van der Waals surface area (Å²) in [5.74, 6) is 0.498. The molecular weight excluding hydrogens is 310 g/mol. The Morgan fingerprint density at radius 3 is 2.30 bits per heavy atom. The van der Waals surface area contributed by atoms with Gasteiger partial charge in [0.15, 0.2) is 5.78 Å². The SMILES string of the molecule is Cc1ccc(S(=O)(=O)N2C3=C(C[C@H]2C)[C@H](C(C)C)CC3=O)cc1. The predicted octanol–water partition coefficient (Wildman–Crippen LogP) is 3.28. The molecule has 0 aromatic heterocycles. The topological polar surface area (TPSA) is 54.5 Å². The minimum atomic E-state index is -3.69. The van der Waals surface area contributed by atoms with Crippen LogP contribution in [0.1, 0.15) is 39.2 Å². The number of carbonyl (C=O) groups is 1. The number of aryl methyl sites for hydroxylation is 1. The normalized spacial score (nSPS) is 24.7. The van der Waals surface area contributed by atoms with Gasteiger partial charge in [0.25, 0.3) is 10.0 Å². The van der Waals surface area contributed by atoms with Crippen molar-refractivity contribution < 1.29 is 13.2 Å². The van der Waals surface area contributed by atoms with E-state index in [1.165, 1.54) is 4.31 Å². The van der Waals surface area contributed by atoms with Gasteiger partial charge in [-0.1, -0.05) is 31.5 Å².